The third-order valence-electron chi connectivity index (χ3n) is 3.68. The highest BCUT2D eigenvalue weighted by atomic mass is 32.2. The minimum Gasteiger partial charge on any atom is -0.379 e. The molecule has 0 bridgehead atoms. The summed E-state index contributed by atoms with van der Waals surface area (Å²) < 4.78 is 52.5. The molecule has 0 aromatic heterocycles. The van der Waals surface area contributed by atoms with Crippen molar-refractivity contribution in [1.29, 1.82) is 0 Å². The molecular weight excluding hydrogens is 362 g/mol. The SMILES string of the molecule is Cc1cc(C(C)(C)C)ccc1OS(=O)(=O)c1ccc(S(N)(=O)=O)cc1. The third kappa shape index (κ3) is 4.59. The fourth-order valence-electron chi connectivity index (χ4n) is 2.17. The van der Waals surface area contributed by atoms with Crippen LogP contribution in [0.5, 0.6) is 5.75 Å². The van der Waals surface area contributed by atoms with E-state index in [1.54, 1.807) is 13.0 Å². The van der Waals surface area contributed by atoms with Gasteiger partial charge in [-0.15, -0.1) is 0 Å². The zero-order chi connectivity index (χ0) is 19.0. The number of sulfonamides is 1. The van der Waals surface area contributed by atoms with Gasteiger partial charge >= 0.3 is 10.1 Å². The number of primary sulfonamides is 1. The lowest BCUT2D eigenvalue weighted by Gasteiger charge is -2.20. The summed E-state index contributed by atoms with van der Waals surface area (Å²) in [6.07, 6.45) is 0. The fourth-order valence-corrected chi connectivity index (χ4v) is 3.68. The lowest BCUT2D eigenvalue weighted by atomic mass is 9.86. The number of rotatable bonds is 4. The van der Waals surface area contributed by atoms with E-state index in [9.17, 15) is 16.8 Å². The van der Waals surface area contributed by atoms with Crippen LogP contribution in [0.4, 0.5) is 0 Å². The van der Waals surface area contributed by atoms with Crippen molar-refractivity contribution < 1.29 is 21.0 Å². The van der Waals surface area contributed by atoms with E-state index in [1.807, 2.05) is 12.1 Å². The molecule has 0 amide bonds. The van der Waals surface area contributed by atoms with Crippen LogP contribution in [-0.4, -0.2) is 16.8 Å². The predicted molar refractivity (Wildman–Crippen MR) is 95.5 cm³/mol. The van der Waals surface area contributed by atoms with Gasteiger partial charge in [0.05, 0.1) is 4.90 Å². The highest BCUT2D eigenvalue weighted by Gasteiger charge is 2.20. The van der Waals surface area contributed by atoms with Gasteiger partial charge in [0, 0.05) is 0 Å². The van der Waals surface area contributed by atoms with Crippen LogP contribution in [0, 0.1) is 6.92 Å². The largest absolute Gasteiger partial charge is 0.379 e. The average molecular weight is 383 g/mol. The van der Waals surface area contributed by atoms with E-state index in [1.165, 1.54) is 0 Å². The Labute approximate surface area is 148 Å². The van der Waals surface area contributed by atoms with Crippen LogP contribution in [0.1, 0.15) is 31.9 Å². The molecule has 0 aliphatic rings. The maximum absolute atomic E-state index is 12.4. The molecule has 25 heavy (non-hydrogen) atoms. The van der Waals surface area contributed by atoms with Crippen LogP contribution in [0.3, 0.4) is 0 Å². The van der Waals surface area contributed by atoms with E-state index in [-0.39, 0.29) is 21.0 Å². The van der Waals surface area contributed by atoms with E-state index in [0.29, 0.717) is 5.56 Å². The molecule has 0 aliphatic carbocycles. The molecule has 136 valence electrons. The minimum absolute atomic E-state index is 0.0638. The molecule has 2 N–H and O–H groups in total. The summed E-state index contributed by atoms with van der Waals surface area (Å²) in [4.78, 5) is -0.323. The van der Waals surface area contributed by atoms with Crippen molar-refractivity contribution in [2.24, 2.45) is 5.14 Å². The number of benzene rings is 2. The summed E-state index contributed by atoms with van der Waals surface area (Å²) in [6, 6.07) is 9.87. The monoisotopic (exact) mass is 383 g/mol. The molecule has 0 heterocycles. The van der Waals surface area contributed by atoms with E-state index >= 15 is 0 Å². The maximum Gasteiger partial charge on any atom is 0.339 e. The van der Waals surface area contributed by atoms with Gasteiger partial charge in [0.15, 0.2) is 0 Å². The Balaban J connectivity index is 2.33. The summed E-state index contributed by atoms with van der Waals surface area (Å²) in [6.45, 7) is 7.95. The second kappa shape index (κ2) is 6.44. The Morgan fingerprint density at radius 2 is 1.40 bits per heavy atom. The van der Waals surface area contributed by atoms with Gasteiger partial charge in [0.2, 0.25) is 10.0 Å². The summed E-state index contributed by atoms with van der Waals surface area (Å²) in [7, 11) is -7.97. The number of hydrogen-bond acceptors (Lipinski definition) is 5. The standard InChI is InChI=1S/C17H21NO5S2/c1-12-11-13(17(2,3)4)5-10-16(12)23-25(21,22)15-8-6-14(7-9-15)24(18,19)20/h5-11H,1-4H3,(H2,18,19,20). The Hall–Kier alpha value is -1.90. The van der Waals surface area contributed by atoms with Crippen LogP contribution < -0.4 is 9.32 Å². The van der Waals surface area contributed by atoms with Gasteiger partial charge in [-0.05, 0) is 53.8 Å². The highest BCUT2D eigenvalue weighted by Crippen LogP contribution is 2.29. The van der Waals surface area contributed by atoms with Crippen molar-refractivity contribution in [3.05, 3.63) is 53.6 Å². The summed E-state index contributed by atoms with van der Waals surface area (Å²) in [5.74, 6) is 0.225. The molecule has 0 unspecified atom stereocenters. The summed E-state index contributed by atoms with van der Waals surface area (Å²) in [5.41, 5.74) is 1.69. The molecule has 2 rings (SSSR count). The molecule has 0 fully saturated rings. The van der Waals surface area contributed by atoms with Gasteiger partial charge in [-0.1, -0.05) is 32.9 Å². The van der Waals surface area contributed by atoms with Crippen molar-refractivity contribution in [3.8, 4) is 5.75 Å². The lowest BCUT2D eigenvalue weighted by molar-refractivity contribution is 0.483. The Kier molecular flexibility index (Phi) is 5.00. The van der Waals surface area contributed by atoms with Crippen LogP contribution in [0.15, 0.2) is 52.3 Å². The number of nitrogens with two attached hydrogens (primary N) is 1. The molecule has 0 atom stereocenters. The van der Waals surface area contributed by atoms with E-state index in [4.69, 9.17) is 9.32 Å². The smallest absolute Gasteiger partial charge is 0.339 e. The molecule has 6 nitrogen and oxygen atoms in total. The second-order valence-corrected chi connectivity index (χ2v) is 9.89. The van der Waals surface area contributed by atoms with E-state index in [2.05, 4.69) is 20.8 Å². The quantitative estimate of drug-likeness (QED) is 0.818. The Morgan fingerprint density at radius 1 is 0.880 bits per heavy atom. The summed E-state index contributed by atoms with van der Waals surface area (Å²) in [5, 5.41) is 5.00. The number of hydrogen-bond donors (Lipinski definition) is 1. The molecule has 2 aromatic rings. The van der Waals surface area contributed by atoms with Crippen molar-refractivity contribution in [1.82, 2.24) is 0 Å². The predicted octanol–water partition coefficient (Wildman–Crippen LogP) is 2.71. The normalized spacial score (nSPS) is 12.8. The average Bonchev–Trinajstić information content (AvgIpc) is 2.47. The zero-order valence-electron chi connectivity index (χ0n) is 14.5. The first-order valence-electron chi connectivity index (χ1n) is 7.49. The molecular formula is C17H21NO5S2. The van der Waals surface area contributed by atoms with Crippen molar-refractivity contribution in [2.75, 3.05) is 0 Å². The van der Waals surface area contributed by atoms with E-state index in [0.717, 1.165) is 29.8 Å². The van der Waals surface area contributed by atoms with Crippen molar-refractivity contribution >= 4 is 20.1 Å². The molecule has 2 aromatic carbocycles. The highest BCUT2D eigenvalue weighted by molar-refractivity contribution is 7.89. The lowest BCUT2D eigenvalue weighted by Crippen LogP contribution is -2.14. The molecule has 0 aliphatic heterocycles. The first kappa shape index (κ1) is 19.4. The van der Waals surface area contributed by atoms with Gasteiger partial charge in [-0.2, -0.15) is 8.42 Å². The zero-order valence-corrected chi connectivity index (χ0v) is 16.1. The first-order valence-corrected chi connectivity index (χ1v) is 10.4. The van der Waals surface area contributed by atoms with Crippen LogP contribution >= 0.6 is 0 Å². The maximum atomic E-state index is 12.4. The van der Waals surface area contributed by atoms with Crippen LogP contribution in [-0.2, 0) is 25.6 Å². The molecule has 0 saturated heterocycles. The molecule has 0 radical (unpaired) electrons. The van der Waals surface area contributed by atoms with Crippen LogP contribution in [0.25, 0.3) is 0 Å². The minimum atomic E-state index is -4.08. The van der Waals surface area contributed by atoms with Gasteiger partial charge in [-0.3, -0.25) is 0 Å². The van der Waals surface area contributed by atoms with Crippen molar-refractivity contribution in [2.45, 2.75) is 42.9 Å². The third-order valence-corrected chi connectivity index (χ3v) is 5.86. The van der Waals surface area contributed by atoms with E-state index < -0.39 is 20.1 Å². The fraction of sp³-hybridized carbons (Fsp3) is 0.294. The Bertz CT molecular complexity index is 986. The van der Waals surface area contributed by atoms with Gasteiger partial charge in [0.25, 0.3) is 0 Å². The van der Waals surface area contributed by atoms with Gasteiger partial charge < -0.3 is 4.18 Å². The Morgan fingerprint density at radius 3 is 1.84 bits per heavy atom. The van der Waals surface area contributed by atoms with Crippen LogP contribution in [0.2, 0.25) is 0 Å². The first-order chi connectivity index (χ1) is 11.3. The topological polar surface area (TPSA) is 104 Å². The summed E-state index contributed by atoms with van der Waals surface area (Å²) >= 11 is 0. The van der Waals surface area contributed by atoms with Crippen molar-refractivity contribution in [3.63, 3.8) is 0 Å². The molecule has 8 heteroatoms. The molecule has 0 spiro atoms. The second-order valence-electron chi connectivity index (χ2n) is 6.78. The van der Waals surface area contributed by atoms with Gasteiger partial charge in [0.1, 0.15) is 10.6 Å². The number of aryl methyl sites for hydroxylation is 1. The van der Waals surface area contributed by atoms with Gasteiger partial charge in [-0.25, -0.2) is 13.6 Å². The molecule has 0 saturated carbocycles.